The van der Waals surface area contributed by atoms with Gasteiger partial charge in [0.05, 0.1) is 10.2 Å². The van der Waals surface area contributed by atoms with Gasteiger partial charge in [-0.3, -0.25) is 10.1 Å². The molecule has 2 aromatic carbocycles. The second-order valence-corrected chi connectivity index (χ2v) is 7.08. The lowest BCUT2D eigenvalue weighted by molar-refractivity contribution is -0.122. The van der Waals surface area contributed by atoms with Crippen LogP contribution in [-0.2, 0) is 4.79 Å². The van der Waals surface area contributed by atoms with Gasteiger partial charge in [-0.05, 0) is 31.5 Å². The number of carbonyl (C=O) groups is 1. The SMILES string of the molecule is Cc1cccc(O[C@@H](C)C(=O)Nc2nc3cc4c(cc3s2)OCCO4)c1. The Kier molecular flexibility index (Phi) is 4.38. The monoisotopic (exact) mass is 370 g/mol. The molecule has 0 bridgehead atoms. The van der Waals surface area contributed by atoms with Crippen LogP contribution in [-0.4, -0.2) is 30.2 Å². The molecule has 1 atom stereocenters. The Morgan fingerprint density at radius 1 is 1.23 bits per heavy atom. The number of aromatic nitrogens is 1. The lowest BCUT2D eigenvalue weighted by Crippen LogP contribution is -2.30. The number of nitrogens with zero attached hydrogens (tertiary/aromatic N) is 1. The normalized spacial score (nSPS) is 14.1. The number of fused-ring (bicyclic) bond motifs is 2. The molecule has 6 nitrogen and oxygen atoms in total. The molecular weight excluding hydrogens is 352 g/mol. The molecule has 3 aromatic rings. The van der Waals surface area contributed by atoms with Gasteiger partial charge in [-0.1, -0.05) is 23.5 Å². The Morgan fingerprint density at radius 3 is 2.77 bits per heavy atom. The molecule has 0 aliphatic carbocycles. The average molecular weight is 370 g/mol. The molecule has 0 saturated heterocycles. The zero-order valence-electron chi connectivity index (χ0n) is 14.4. The molecule has 134 valence electrons. The first-order valence-corrected chi connectivity index (χ1v) is 9.14. The molecule has 1 aliphatic rings. The summed E-state index contributed by atoms with van der Waals surface area (Å²) in [5.74, 6) is 1.81. The van der Waals surface area contributed by atoms with Crippen molar-refractivity contribution in [1.82, 2.24) is 4.98 Å². The van der Waals surface area contributed by atoms with Gasteiger partial charge in [0, 0.05) is 12.1 Å². The van der Waals surface area contributed by atoms with Crippen LogP contribution in [0.2, 0.25) is 0 Å². The smallest absolute Gasteiger partial charge is 0.266 e. The third kappa shape index (κ3) is 3.43. The lowest BCUT2D eigenvalue weighted by Gasteiger charge is -2.17. The van der Waals surface area contributed by atoms with Crippen molar-refractivity contribution in [2.75, 3.05) is 18.5 Å². The Hall–Kier alpha value is -2.80. The molecule has 0 fully saturated rings. The molecule has 0 unspecified atom stereocenters. The van der Waals surface area contributed by atoms with E-state index in [9.17, 15) is 4.79 Å². The van der Waals surface area contributed by atoms with E-state index in [1.165, 1.54) is 11.3 Å². The number of carbonyl (C=O) groups excluding carboxylic acids is 1. The van der Waals surface area contributed by atoms with Crippen LogP contribution in [0.5, 0.6) is 17.2 Å². The lowest BCUT2D eigenvalue weighted by atomic mass is 10.2. The highest BCUT2D eigenvalue weighted by atomic mass is 32.1. The van der Waals surface area contributed by atoms with Gasteiger partial charge < -0.3 is 14.2 Å². The van der Waals surface area contributed by atoms with Crippen molar-refractivity contribution in [3.05, 3.63) is 42.0 Å². The Labute approximate surface area is 154 Å². The maximum absolute atomic E-state index is 12.4. The van der Waals surface area contributed by atoms with Gasteiger partial charge in [-0.25, -0.2) is 4.98 Å². The van der Waals surface area contributed by atoms with E-state index in [0.717, 1.165) is 15.8 Å². The number of ether oxygens (including phenoxy) is 3. The van der Waals surface area contributed by atoms with Crippen LogP contribution in [0.15, 0.2) is 36.4 Å². The maximum Gasteiger partial charge on any atom is 0.266 e. The molecule has 7 heteroatoms. The minimum Gasteiger partial charge on any atom is -0.486 e. The van der Waals surface area contributed by atoms with Crippen molar-refractivity contribution in [2.24, 2.45) is 0 Å². The van der Waals surface area contributed by atoms with E-state index in [4.69, 9.17) is 14.2 Å². The van der Waals surface area contributed by atoms with Gasteiger partial charge in [0.15, 0.2) is 22.7 Å². The van der Waals surface area contributed by atoms with Crippen LogP contribution in [0.1, 0.15) is 12.5 Å². The van der Waals surface area contributed by atoms with Gasteiger partial charge >= 0.3 is 0 Å². The summed E-state index contributed by atoms with van der Waals surface area (Å²) in [6.07, 6.45) is -0.635. The van der Waals surface area contributed by atoms with E-state index < -0.39 is 6.10 Å². The van der Waals surface area contributed by atoms with Crippen molar-refractivity contribution in [3.8, 4) is 17.2 Å². The molecular formula is C19H18N2O4S. The maximum atomic E-state index is 12.4. The fourth-order valence-corrected chi connectivity index (χ4v) is 3.55. The van der Waals surface area contributed by atoms with Crippen molar-refractivity contribution in [1.29, 1.82) is 0 Å². The number of hydrogen-bond acceptors (Lipinski definition) is 6. The van der Waals surface area contributed by atoms with Crippen molar-refractivity contribution in [3.63, 3.8) is 0 Å². The van der Waals surface area contributed by atoms with Gasteiger partial charge in [0.2, 0.25) is 0 Å². The quantitative estimate of drug-likeness (QED) is 0.757. The summed E-state index contributed by atoms with van der Waals surface area (Å²) in [4.78, 5) is 16.9. The van der Waals surface area contributed by atoms with E-state index >= 15 is 0 Å². The summed E-state index contributed by atoms with van der Waals surface area (Å²) in [5.41, 5.74) is 1.84. The fourth-order valence-electron chi connectivity index (χ4n) is 2.67. The second-order valence-electron chi connectivity index (χ2n) is 6.05. The number of amides is 1. The molecule has 26 heavy (non-hydrogen) atoms. The van der Waals surface area contributed by atoms with Crippen molar-refractivity contribution in [2.45, 2.75) is 20.0 Å². The fraction of sp³-hybridized carbons (Fsp3) is 0.263. The first kappa shape index (κ1) is 16.7. The molecule has 4 rings (SSSR count). The van der Waals surface area contributed by atoms with Crippen LogP contribution in [0.3, 0.4) is 0 Å². The zero-order valence-corrected chi connectivity index (χ0v) is 15.3. The summed E-state index contributed by atoms with van der Waals surface area (Å²) in [5, 5.41) is 3.34. The molecule has 0 radical (unpaired) electrons. The highest BCUT2D eigenvalue weighted by Gasteiger charge is 2.19. The molecule has 0 spiro atoms. The first-order chi connectivity index (χ1) is 12.6. The predicted molar refractivity (Wildman–Crippen MR) is 101 cm³/mol. The van der Waals surface area contributed by atoms with Crippen LogP contribution in [0.25, 0.3) is 10.2 Å². The average Bonchev–Trinajstić information content (AvgIpc) is 3.00. The molecule has 1 amide bonds. The summed E-state index contributed by atoms with van der Waals surface area (Å²) in [6.45, 7) is 4.76. The van der Waals surface area contributed by atoms with Crippen LogP contribution >= 0.6 is 11.3 Å². The molecule has 0 saturated carbocycles. The molecule has 1 aromatic heterocycles. The van der Waals surface area contributed by atoms with E-state index in [2.05, 4.69) is 10.3 Å². The van der Waals surface area contributed by atoms with Crippen molar-refractivity contribution < 1.29 is 19.0 Å². The van der Waals surface area contributed by atoms with E-state index in [1.54, 1.807) is 6.92 Å². The largest absolute Gasteiger partial charge is 0.486 e. The third-order valence-electron chi connectivity index (χ3n) is 3.95. The van der Waals surface area contributed by atoms with Crippen molar-refractivity contribution >= 4 is 32.6 Å². The number of thiazole rings is 1. The van der Waals surface area contributed by atoms with Gasteiger partial charge in [0.25, 0.3) is 5.91 Å². The second kappa shape index (κ2) is 6.84. The minimum atomic E-state index is -0.635. The molecule has 2 heterocycles. The molecule has 1 N–H and O–H groups in total. The standard InChI is InChI=1S/C19H18N2O4S/c1-11-4-3-5-13(8-11)25-12(2)18(22)21-19-20-14-9-15-16(10-17(14)26-19)24-7-6-23-15/h3-5,8-10,12H,6-7H2,1-2H3,(H,20,21,22)/t12-/m0/s1. The van der Waals surface area contributed by atoms with Gasteiger partial charge in [0.1, 0.15) is 19.0 Å². The highest BCUT2D eigenvalue weighted by molar-refractivity contribution is 7.22. The Bertz CT molecular complexity index is 926. The zero-order chi connectivity index (χ0) is 18.1. The summed E-state index contributed by atoms with van der Waals surface area (Å²) in [7, 11) is 0. The number of rotatable bonds is 4. The van der Waals surface area contributed by atoms with E-state index in [-0.39, 0.29) is 5.91 Å². The van der Waals surface area contributed by atoms with Gasteiger partial charge in [-0.15, -0.1) is 0 Å². The van der Waals surface area contributed by atoms with E-state index in [1.807, 2.05) is 43.3 Å². The summed E-state index contributed by atoms with van der Waals surface area (Å²) < 4.78 is 17.8. The van der Waals surface area contributed by atoms with Gasteiger partial charge in [-0.2, -0.15) is 0 Å². The molecule has 1 aliphatic heterocycles. The number of anilines is 1. The third-order valence-corrected chi connectivity index (χ3v) is 4.89. The summed E-state index contributed by atoms with van der Waals surface area (Å²) in [6, 6.07) is 11.3. The number of hydrogen-bond donors (Lipinski definition) is 1. The number of nitrogens with one attached hydrogen (secondary N) is 1. The topological polar surface area (TPSA) is 69.7 Å². The Morgan fingerprint density at radius 2 is 2.00 bits per heavy atom. The van der Waals surface area contributed by atoms with Crippen LogP contribution < -0.4 is 19.5 Å². The van der Waals surface area contributed by atoms with Crippen LogP contribution in [0.4, 0.5) is 5.13 Å². The minimum absolute atomic E-state index is 0.247. The highest BCUT2D eigenvalue weighted by Crippen LogP contribution is 2.37. The summed E-state index contributed by atoms with van der Waals surface area (Å²) >= 11 is 1.39. The first-order valence-electron chi connectivity index (χ1n) is 8.33. The number of aryl methyl sites for hydroxylation is 1. The predicted octanol–water partition coefficient (Wildman–Crippen LogP) is 3.78. The Balaban J connectivity index is 1.48. The van der Waals surface area contributed by atoms with Crippen LogP contribution in [0, 0.1) is 6.92 Å². The number of benzene rings is 2. The van der Waals surface area contributed by atoms with E-state index in [0.29, 0.717) is 35.6 Å².